The maximum absolute atomic E-state index is 12.3. The maximum atomic E-state index is 12.3. The number of benzene rings is 2. The van der Waals surface area contributed by atoms with Crippen molar-refractivity contribution in [2.24, 2.45) is 0 Å². The first-order chi connectivity index (χ1) is 9.13. The van der Waals surface area contributed by atoms with Crippen LogP contribution in [0.4, 0.5) is 0 Å². The van der Waals surface area contributed by atoms with Gasteiger partial charge in [0.2, 0.25) is 0 Å². The summed E-state index contributed by atoms with van der Waals surface area (Å²) in [6.45, 7) is 0. The van der Waals surface area contributed by atoms with Crippen LogP contribution in [0.3, 0.4) is 0 Å². The fraction of sp³-hybridized carbons (Fsp3) is 0.0667. The summed E-state index contributed by atoms with van der Waals surface area (Å²) in [5, 5.41) is 0.537. The van der Waals surface area contributed by atoms with Crippen LogP contribution in [0.2, 0.25) is 5.02 Å². The third kappa shape index (κ3) is 1.66. The van der Waals surface area contributed by atoms with Crippen LogP contribution < -0.4 is 0 Å². The number of rotatable bonds is 1. The monoisotopic (exact) mass is 272 g/mol. The number of fused-ring (bicyclic) bond motifs is 3. The fourth-order valence-corrected chi connectivity index (χ4v) is 2.60. The summed E-state index contributed by atoms with van der Waals surface area (Å²) < 4.78 is 4.66. The maximum Gasteiger partial charge on any atom is 0.337 e. The van der Waals surface area contributed by atoms with E-state index in [-0.39, 0.29) is 5.78 Å². The number of esters is 1. The Morgan fingerprint density at radius 1 is 1.11 bits per heavy atom. The van der Waals surface area contributed by atoms with Crippen LogP contribution >= 0.6 is 11.6 Å². The van der Waals surface area contributed by atoms with Crippen molar-refractivity contribution in [1.29, 1.82) is 0 Å². The topological polar surface area (TPSA) is 43.4 Å². The highest BCUT2D eigenvalue weighted by molar-refractivity contribution is 6.36. The van der Waals surface area contributed by atoms with E-state index in [2.05, 4.69) is 4.74 Å². The molecule has 19 heavy (non-hydrogen) atoms. The Kier molecular flexibility index (Phi) is 2.64. The van der Waals surface area contributed by atoms with Crippen LogP contribution in [0.5, 0.6) is 0 Å². The Balaban J connectivity index is 2.24. The first-order valence-corrected chi connectivity index (χ1v) is 6.07. The van der Waals surface area contributed by atoms with Gasteiger partial charge in [0.15, 0.2) is 5.78 Å². The molecule has 0 heterocycles. The lowest BCUT2D eigenvalue weighted by Gasteiger charge is -2.04. The first kappa shape index (κ1) is 11.9. The molecule has 1 aliphatic rings. The summed E-state index contributed by atoms with van der Waals surface area (Å²) in [7, 11) is 1.31. The molecule has 0 radical (unpaired) electrons. The third-order valence-electron chi connectivity index (χ3n) is 3.21. The molecule has 0 spiro atoms. The van der Waals surface area contributed by atoms with E-state index in [1.807, 2.05) is 0 Å². The second kappa shape index (κ2) is 4.21. The number of carbonyl (C=O) groups is 2. The van der Waals surface area contributed by atoms with Gasteiger partial charge >= 0.3 is 5.97 Å². The van der Waals surface area contributed by atoms with Crippen LogP contribution in [0.1, 0.15) is 26.3 Å². The molecule has 0 aliphatic heterocycles. The van der Waals surface area contributed by atoms with Crippen molar-refractivity contribution in [2.75, 3.05) is 7.11 Å². The SMILES string of the molecule is COC(=O)c1ccc2c(c1)C(=O)c1cccc(Cl)c1-2. The standard InChI is InChI=1S/C15H9ClO3/c1-19-15(18)8-5-6-9-11(7-8)14(17)10-3-2-4-12(16)13(9)10/h2-7H,1H3. The van der Waals surface area contributed by atoms with E-state index in [9.17, 15) is 9.59 Å². The molecule has 0 saturated heterocycles. The Bertz CT molecular complexity index is 719. The fourth-order valence-electron chi connectivity index (χ4n) is 2.33. The minimum absolute atomic E-state index is 0.113. The molecule has 94 valence electrons. The number of hydrogen-bond acceptors (Lipinski definition) is 3. The van der Waals surface area contributed by atoms with Crippen LogP contribution in [-0.4, -0.2) is 18.9 Å². The lowest BCUT2D eigenvalue weighted by Crippen LogP contribution is -2.03. The molecule has 0 saturated carbocycles. The van der Waals surface area contributed by atoms with Crippen LogP contribution in [0, 0.1) is 0 Å². The zero-order valence-electron chi connectivity index (χ0n) is 10.1. The molecule has 0 N–H and O–H groups in total. The molecule has 1 aliphatic carbocycles. The Morgan fingerprint density at radius 3 is 2.63 bits per heavy atom. The zero-order chi connectivity index (χ0) is 13.6. The second-order valence-corrected chi connectivity index (χ2v) is 4.65. The molecule has 0 unspecified atom stereocenters. The largest absolute Gasteiger partial charge is 0.465 e. The minimum atomic E-state index is -0.461. The molecule has 4 heteroatoms. The van der Waals surface area contributed by atoms with Crippen molar-refractivity contribution < 1.29 is 14.3 Å². The van der Waals surface area contributed by atoms with Gasteiger partial charge in [-0.2, -0.15) is 0 Å². The van der Waals surface area contributed by atoms with E-state index in [1.54, 1.807) is 36.4 Å². The lowest BCUT2D eigenvalue weighted by atomic mass is 10.0. The molecular weight excluding hydrogens is 264 g/mol. The van der Waals surface area contributed by atoms with Gasteiger partial charge < -0.3 is 4.74 Å². The number of hydrogen-bond donors (Lipinski definition) is 0. The van der Waals surface area contributed by atoms with Gasteiger partial charge in [0, 0.05) is 21.7 Å². The predicted molar refractivity (Wildman–Crippen MR) is 71.7 cm³/mol. The van der Waals surface area contributed by atoms with Gasteiger partial charge in [0.25, 0.3) is 0 Å². The van der Waals surface area contributed by atoms with E-state index < -0.39 is 5.97 Å². The first-order valence-electron chi connectivity index (χ1n) is 5.69. The average molecular weight is 273 g/mol. The molecule has 0 fully saturated rings. The lowest BCUT2D eigenvalue weighted by molar-refractivity contribution is 0.0601. The molecule has 0 bridgehead atoms. The highest BCUT2D eigenvalue weighted by Crippen LogP contribution is 2.41. The van der Waals surface area contributed by atoms with E-state index in [1.165, 1.54) is 7.11 Å². The molecule has 2 aromatic rings. The smallest absolute Gasteiger partial charge is 0.337 e. The molecule has 3 nitrogen and oxygen atoms in total. The number of carbonyl (C=O) groups excluding carboxylic acids is 2. The molecule has 0 atom stereocenters. The van der Waals surface area contributed by atoms with Crippen molar-refractivity contribution in [2.45, 2.75) is 0 Å². The van der Waals surface area contributed by atoms with Gasteiger partial charge in [-0.15, -0.1) is 0 Å². The summed E-state index contributed by atoms with van der Waals surface area (Å²) in [5.41, 5.74) is 2.92. The number of ether oxygens (including phenoxy) is 1. The third-order valence-corrected chi connectivity index (χ3v) is 3.53. The highest BCUT2D eigenvalue weighted by Gasteiger charge is 2.29. The van der Waals surface area contributed by atoms with Gasteiger partial charge in [0.1, 0.15) is 0 Å². The van der Waals surface area contributed by atoms with Crippen LogP contribution in [0.15, 0.2) is 36.4 Å². The predicted octanol–water partition coefficient (Wildman–Crippen LogP) is 3.34. The van der Waals surface area contributed by atoms with Gasteiger partial charge in [-0.3, -0.25) is 4.79 Å². The normalized spacial score (nSPS) is 12.0. The van der Waals surface area contributed by atoms with E-state index in [4.69, 9.17) is 11.6 Å². The summed E-state index contributed by atoms with van der Waals surface area (Å²) in [5.74, 6) is -0.573. The average Bonchev–Trinajstić information content (AvgIpc) is 2.72. The summed E-state index contributed by atoms with van der Waals surface area (Å²) in [6, 6.07) is 10.2. The molecule has 2 aromatic carbocycles. The number of halogens is 1. The summed E-state index contributed by atoms with van der Waals surface area (Å²) in [4.78, 5) is 23.8. The summed E-state index contributed by atoms with van der Waals surface area (Å²) in [6.07, 6.45) is 0. The van der Waals surface area contributed by atoms with Gasteiger partial charge in [-0.25, -0.2) is 4.79 Å². The van der Waals surface area contributed by atoms with Crippen molar-refractivity contribution in [3.63, 3.8) is 0 Å². The van der Waals surface area contributed by atoms with Crippen molar-refractivity contribution >= 4 is 23.4 Å². The van der Waals surface area contributed by atoms with Crippen LogP contribution in [-0.2, 0) is 4.74 Å². The Hall–Kier alpha value is -2.13. The highest BCUT2D eigenvalue weighted by atomic mass is 35.5. The van der Waals surface area contributed by atoms with Gasteiger partial charge in [-0.1, -0.05) is 29.8 Å². The van der Waals surface area contributed by atoms with E-state index in [0.717, 1.165) is 11.1 Å². The van der Waals surface area contributed by atoms with Crippen molar-refractivity contribution in [3.05, 3.63) is 58.1 Å². The molecule has 3 rings (SSSR count). The number of methoxy groups -OCH3 is 1. The number of ketones is 1. The van der Waals surface area contributed by atoms with Crippen molar-refractivity contribution in [1.82, 2.24) is 0 Å². The Labute approximate surface area is 114 Å². The van der Waals surface area contributed by atoms with E-state index in [0.29, 0.717) is 21.7 Å². The quantitative estimate of drug-likeness (QED) is 0.638. The summed E-state index contributed by atoms with van der Waals surface area (Å²) >= 11 is 6.15. The molecular formula is C15H9ClO3. The molecule has 0 aromatic heterocycles. The van der Waals surface area contributed by atoms with Crippen LogP contribution in [0.25, 0.3) is 11.1 Å². The van der Waals surface area contributed by atoms with Crippen molar-refractivity contribution in [3.8, 4) is 11.1 Å². The van der Waals surface area contributed by atoms with E-state index >= 15 is 0 Å². The minimum Gasteiger partial charge on any atom is -0.465 e. The van der Waals surface area contributed by atoms with Gasteiger partial charge in [-0.05, 0) is 23.8 Å². The van der Waals surface area contributed by atoms with Gasteiger partial charge in [0.05, 0.1) is 12.7 Å². The molecule has 0 amide bonds. The Morgan fingerprint density at radius 2 is 1.89 bits per heavy atom. The zero-order valence-corrected chi connectivity index (χ0v) is 10.8. The second-order valence-electron chi connectivity index (χ2n) is 4.24.